The molecule has 1 atom stereocenters. The summed E-state index contributed by atoms with van der Waals surface area (Å²) in [6.45, 7) is 4.05. The minimum atomic E-state index is 0.369. The van der Waals surface area contributed by atoms with Gasteiger partial charge in [-0.15, -0.1) is 5.10 Å². The van der Waals surface area contributed by atoms with Gasteiger partial charge in [0.05, 0.1) is 6.20 Å². The van der Waals surface area contributed by atoms with Crippen molar-refractivity contribution in [2.24, 2.45) is 0 Å². The van der Waals surface area contributed by atoms with Gasteiger partial charge in [-0.05, 0) is 37.6 Å². The predicted molar refractivity (Wildman–Crippen MR) is 75.2 cm³/mol. The van der Waals surface area contributed by atoms with Gasteiger partial charge in [-0.2, -0.15) is 0 Å². The maximum atomic E-state index is 3.93. The number of benzene rings is 1. The van der Waals surface area contributed by atoms with E-state index in [1.807, 2.05) is 10.9 Å². The third-order valence-electron chi connectivity index (χ3n) is 2.86. The summed E-state index contributed by atoms with van der Waals surface area (Å²) < 4.78 is 2.97. The minimum absolute atomic E-state index is 0.369. The van der Waals surface area contributed by atoms with Gasteiger partial charge in [0.2, 0.25) is 0 Å². The molecule has 0 aliphatic rings. The highest BCUT2D eigenvalue weighted by Gasteiger charge is 2.03. The molecule has 1 N–H and O–H groups in total. The monoisotopic (exact) mass is 308 g/mol. The van der Waals surface area contributed by atoms with Crippen LogP contribution in [0.5, 0.6) is 0 Å². The third-order valence-corrected chi connectivity index (χ3v) is 3.39. The third kappa shape index (κ3) is 3.92. The molecule has 0 saturated heterocycles. The Morgan fingerprint density at radius 1 is 1.33 bits per heavy atom. The number of nitrogens with zero attached hydrogens (tertiary/aromatic N) is 3. The lowest BCUT2D eigenvalue weighted by atomic mass is 10.1. The average Bonchev–Trinajstić information content (AvgIpc) is 2.88. The largest absolute Gasteiger partial charge is 0.310 e. The van der Waals surface area contributed by atoms with Crippen molar-refractivity contribution in [2.75, 3.05) is 6.54 Å². The first kappa shape index (κ1) is 13.2. The Hall–Kier alpha value is -1.20. The highest BCUT2D eigenvalue weighted by Crippen LogP contribution is 2.16. The Bertz CT molecular complexity index is 452. The van der Waals surface area contributed by atoms with Crippen molar-refractivity contribution >= 4 is 15.9 Å². The molecule has 5 heteroatoms. The van der Waals surface area contributed by atoms with Gasteiger partial charge in [0, 0.05) is 23.3 Å². The highest BCUT2D eigenvalue weighted by atomic mass is 79.9. The van der Waals surface area contributed by atoms with E-state index in [0.29, 0.717) is 6.04 Å². The first-order chi connectivity index (χ1) is 8.75. The molecule has 2 aromatic rings. The Labute approximate surface area is 116 Å². The summed E-state index contributed by atoms with van der Waals surface area (Å²) in [6, 6.07) is 8.79. The molecule has 0 fully saturated rings. The number of rotatable bonds is 6. The number of aryl methyl sites for hydroxylation is 1. The summed E-state index contributed by atoms with van der Waals surface area (Å²) >= 11 is 3.44. The van der Waals surface area contributed by atoms with Crippen LogP contribution in [0.25, 0.3) is 0 Å². The predicted octanol–water partition coefficient (Wildman–Crippen LogP) is 2.78. The summed E-state index contributed by atoms with van der Waals surface area (Å²) in [6.07, 6.45) is 4.64. The van der Waals surface area contributed by atoms with Crippen molar-refractivity contribution in [2.45, 2.75) is 25.9 Å². The fourth-order valence-electron chi connectivity index (χ4n) is 1.78. The van der Waals surface area contributed by atoms with Crippen molar-refractivity contribution < 1.29 is 0 Å². The molecule has 4 nitrogen and oxygen atoms in total. The number of nitrogens with one attached hydrogen (secondary N) is 1. The molecule has 0 spiro atoms. The van der Waals surface area contributed by atoms with Crippen LogP contribution in [0.15, 0.2) is 41.1 Å². The molecule has 1 heterocycles. The molecule has 96 valence electrons. The number of hydrogen-bond acceptors (Lipinski definition) is 3. The zero-order valence-corrected chi connectivity index (χ0v) is 12.0. The summed E-state index contributed by atoms with van der Waals surface area (Å²) in [5.41, 5.74) is 1.30. The minimum Gasteiger partial charge on any atom is -0.310 e. The Morgan fingerprint density at radius 2 is 2.11 bits per heavy atom. The van der Waals surface area contributed by atoms with Gasteiger partial charge < -0.3 is 5.32 Å². The van der Waals surface area contributed by atoms with E-state index in [1.165, 1.54) is 5.56 Å². The number of aromatic nitrogens is 3. The van der Waals surface area contributed by atoms with Crippen LogP contribution in [0.4, 0.5) is 0 Å². The van der Waals surface area contributed by atoms with Gasteiger partial charge in [-0.1, -0.05) is 33.3 Å². The van der Waals surface area contributed by atoms with Crippen LogP contribution in [0.2, 0.25) is 0 Å². The SMILES string of the molecule is CC(NCCCn1ccnn1)c1ccc(Br)cc1. The van der Waals surface area contributed by atoms with E-state index in [2.05, 4.69) is 62.7 Å². The first-order valence-electron chi connectivity index (χ1n) is 6.08. The molecule has 0 saturated carbocycles. The van der Waals surface area contributed by atoms with E-state index >= 15 is 0 Å². The lowest BCUT2D eigenvalue weighted by molar-refractivity contribution is 0.499. The average molecular weight is 309 g/mol. The number of halogens is 1. The van der Waals surface area contributed by atoms with E-state index in [9.17, 15) is 0 Å². The molecule has 1 aromatic carbocycles. The van der Waals surface area contributed by atoms with Crippen LogP contribution in [0.1, 0.15) is 24.9 Å². The van der Waals surface area contributed by atoms with Crippen LogP contribution < -0.4 is 5.32 Å². The van der Waals surface area contributed by atoms with Crippen molar-refractivity contribution in [3.8, 4) is 0 Å². The van der Waals surface area contributed by atoms with Gasteiger partial charge in [0.15, 0.2) is 0 Å². The van der Waals surface area contributed by atoms with Crippen LogP contribution >= 0.6 is 15.9 Å². The van der Waals surface area contributed by atoms with Gasteiger partial charge in [-0.3, -0.25) is 4.68 Å². The second-order valence-corrected chi connectivity index (χ2v) is 5.16. The quantitative estimate of drug-likeness (QED) is 0.834. The maximum Gasteiger partial charge on any atom is 0.0692 e. The summed E-state index contributed by atoms with van der Waals surface area (Å²) in [4.78, 5) is 0. The molecular formula is C13H17BrN4. The number of hydrogen-bond donors (Lipinski definition) is 1. The van der Waals surface area contributed by atoms with Gasteiger partial charge in [0.25, 0.3) is 0 Å². The Morgan fingerprint density at radius 3 is 2.78 bits per heavy atom. The summed E-state index contributed by atoms with van der Waals surface area (Å²) in [5.74, 6) is 0. The fourth-order valence-corrected chi connectivity index (χ4v) is 2.05. The van der Waals surface area contributed by atoms with E-state index < -0.39 is 0 Å². The van der Waals surface area contributed by atoms with E-state index in [4.69, 9.17) is 0 Å². The molecule has 0 aliphatic carbocycles. The normalized spacial score (nSPS) is 12.6. The van der Waals surface area contributed by atoms with Gasteiger partial charge in [-0.25, -0.2) is 0 Å². The Kier molecular flexibility index (Phi) is 4.90. The highest BCUT2D eigenvalue weighted by molar-refractivity contribution is 9.10. The molecule has 2 rings (SSSR count). The van der Waals surface area contributed by atoms with Crippen molar-refractivity contribution in [3.63, 3.8) is 0 Å². The standard InChI is InChI=1S/C13H17BrN4/c1-11(12-3-5-13(14)6-4-12)15-7-2-9-18-10-8-16-17-18/h3-6,8,10-11,15H,2,7,9H2,1H3. The molecule has 0 bridgehead atoms. The molecule has 18 heavy (non-hydrogen) atoms. The molecule has 0 amide bonds. The second kappa shape index (κ2) is 6.66. The van der Waals surface area contributed by atoms with E-state index in [0.717, 1.165) is 24.0 Å². The van der Waals surface area contributed by atoms with Crippen molar-refractivity contribution in [3.05, 3.63) is 46.7 Å². The molecule has 1 unspecified atom stereocenters. The Balaban J connectivity index is 1.71. The van der Waals surface area contributed by atoms with Gasteiger partial charge in [0.1, 0.15) is 0 Å². The lowest BCUT2D eigenvalue weighted by Gasteiger charge is -2.14. The van der Waals surface area contributed by atoms with Crippen molar-refractivity contribution in [1.82, 2.24) is 20.3 Å². The smallest absolute Gasteiger partial charge is 0.0692 e. The maximum absolute atomic E-state index is 3.93. The van der Waals surface area contributed by atoms with Crippen LogP contribution in [0.3, 0.4) is 0 Å². The second-order valence-electron chi connectivity index (χ2n) is 4.25. The first-order valence-corrected chi connectivity index (χ1v) is 6.88. The molecule has 1 aromatic heterocycles. The van der Waals surface area contributed by atoms with E-state index in [1.54, 1.807) is 6.20 Å². The van der Waals surface area contributed by atoms with Crippen molar-refractivity contribution in [1.29, 1.82) is 0 Å². The zero-order chi connectivity index (χ0) is 12.8. The lowest BCUT2D eigenvalue weighted by Crippen LogP contribution is -2.21. The zero-order valence-electron chi connectivity index (χ0n) is 10.4. The van der Waals surface area contributed by atoms with Crippen LogP contribution in [-0.4, -0.2) is 21.5 Å². The summed E-state index contributed by atoms with van der Waals surface area (Å²) in [7, 11) is 0. The fraction of sp³-hybridized carbons (Fsp3) is 0.385. The molecule has 0 radical (unpaired) electrons. The van der Waals surface area contributed by atoms with Crippen LogP contribution in [0, 0.1) is 0 Å². The molecule has 0 aliphatic heterocycles. The summed E-state index contributed by atoms with van der Waals surface area (Å²) in [5, 5.41) is 11.2. The molecular weight excluding hydrogens is 292 g/mol. The van der Waals surface area contributed by atoms with E-state index in [-0.39, 0.29) is 0 Å². The topological polar surface area (TPSA) is 42.7 Å². The van der Waals surface area contributed by atoms with Crippen LogP contribution in [-0.2, 0) is 6.54 Å². The van der Waals surface area contributed by atoms with Gasteiger partial charge >= 0.3 is 0 Å².